The number of carbonyl (C=O) groups is 2. The summed E-state index contributed by atoms with van der Waals surface area (Å²) >= 11 is 6.37. The monoisotopic (exact) mass is 606 g/mol. The maximum absolute atomic E-state index is 12.7. The first-order valence-electron chi connectivity index (χ1n) is 15.2. The van der Waals surface area contributed by atoms with Crippen LogP contribution in [-0.2, 0) is 0 Å². The van der Waals surface area contributed by atoms with Crippen molar-refractivity contribution < 1.29 is 28.5 Å². The molecule has 0 saturated carbocycles. The number of benzene rings is 3. The van der Waals surface area contributed by atoms with Crippen LogP contribution in [0.4, 0.5) is 0 Å². The SMILES string of the molecule is C=CCCCCCCCCCOc1ccc(C(=O)Oc2ccc(C(=O)Oc3ccc(OCC(C)CC)cc3)cc2)cc1Cl. The molecule has 0 aliphatic heterocycles. The van der Waals surface area contributed by atoms with Crippen LogP contribution in [0.15, 0.2) is 79.4 Å². The second-order valence-corrected chi connectivity index (χ2v) is 11.1. The molecule has 3 aromatic carbocycles. The Hall–Kier alpha value is -3.77. The molecule has 6 nitrogen and oxygen atoms in total. The molecular formula is C36H43ClO6. The lowest BCUT2D eigenvalue weighted by molar-refractivity contribution is 0.0730. The van der Waals surface area contributed by atoms with Gasteiger partial charge in [-0.3, -0.25) is 0 Å². The lowest BCUT2D eigenvalue weighted by Crippen LogP contribution is -2.10. The Kier molecular flexibility index (Phi) is 14.7. The lowest BCUT2D eigenvalue weighted by Gasteiger charge is -2.11. The largest absolute Gasteiger partial charge is 0.493 e. The van der Waals surface area contributed by atoms with Crippen molar-refractivity contribution in [2.45, 2.75) is 71.6 Å². The Morgan fingerprint density at radius 1 is 0.744 bits per heavy atom. The third-order valence-corrected chi connectivity index (χ3v) is 7.34. The molecule has 0 saturated heterocycles. The first kappa shape index (κ1) is 33.7. The molecule has 0 N–H and O–H groups in total. The van der Waals surface area contributed by atoms with Crippen LogP contribution in [0.25, 0.3) is 0 Å². The zero-order valence-electron chi connectivity index (χ0n) is 25.3. The van der Waals surface area contributed by atoms with Crippen LogP contribution in [0.3, 0.4) is 0 Å². The van der Waals surface area contributed by atoms with Crippen LogP contribution in [0, 0.1) is 5.92 Å². The molecule has 0 bridgehead atoms. The molecule has 0 radical (unpaired) electrons. The molecule has 1 atom stereocenters. The van der Waals surface area contributed by atoms with E-state index >= 15 is 0 Å². The van der Waals surface area contributed by atoms with Crippen molar-refractivity contribution in [3.63, 3.8) is 0 Å². The second-order valence-electron chi connectivity index (χ2n) is 10.6. The van der Waals surface area contributed by atoms with Gasteiger partial charge in [0.1, 0.15) is 23.0 Å². The molecule has 0 fully saturated rings. The van der Waals surface area contributed by atoms with Crippen LogP contribution in [0.2, 0.25) is 5.02 Å². The zero-order valence-corrected chi connectivity index (χ0v) is 26.1. The van der Waals surface area contributed by atoms with Crippen molar-refractivity contribution in [3.05, 3.63) is 95.5 Å². The van der Waals surface area contributed by atoms with E-state index in [0.717, 1.165) is 31.4 Å². The number of carbonyl (C=O) groups excluding carboxylic acids is 2. The fraction of sp³-hybridized carbons (Fsp3) is 0.389. The van der Waals surface area contributed by atoms with Gasteiger partial charge in [0, 0.05) is 0 Å². The summed E-state index contributed by atoms with van der Waals surface area (Å²) in [6, 6.07) is 17.9. The number of hydrogen-bond acceptors (Lipinski definition) is 6. The van der Waals surface area contributed by atoms with Gasteiger partial charge in [0.2, 0.25) is 0 Å². The molecule has 0 amide bonds. The van der Waals surface area contributed by atoms with Gasteiger partial charge >= 0.3 is 11.9 Å². The molecule has 230 valence electrons. The van der Waals surface area contributed by atoms with E-state index < -0.39 is 11.9 Å². The van der Waals surface area contributed by atoms with Crippen LogP contribution >= 0.6 is 11.6 Å². The summed E-state index contributed by atoms with van der Waals surface area (Å²) < 4.78 is 22.5. The number of esters is 2. The standard InChI is InChI=1S/C36H43ClO6/c1-4-6-7-8-9-10-11-12-13-24-40-34-23-16-29(25-33(34)37)36(39)43-31-17-14-28(15-18-31)35(38)42-32-21-19-30(20-22-32)41-26-27(3)5-2/h4,14-23,25,27H,1,5-13,24,26H2,2-3H3. The lowest BCUT2D eigenvalue weighted by atomic mass is 10.1. The Morgan fingerprint density at radius 2 is 1.28 bits per heavy atom. The average molecular weight is 607 g/mol. The normalized spacial score (nSPS) is 11.4. The van der Waals surface area contributed by atoms with Gasteiger partial charge in [-0.15, -0.1) is 6.58 Å². The summed E-state index contributed by atoms with van der Waals surface area (Å²) in [7, 11) is 0. The highest BCUT2D eigenvalue weighted by atomic mass is 35.5. The van der Waals surface area contributed by atoms with E-state index in [1.807, 2.05) is 6.08 Å². The van der Waals surface area contributed by atoms with Crippen molar-refractivity contribution in [1.82, 2.24) is 0 Å². The van der Waals surface area contributed by atoms with Gasteiger partial charge in [-0.2, -0.15) is 0 Å². The third-order valence-electron chi connectivity index (χ3n) is 7.04. The maximum atomic E-state index is 12.7. The summed E-state index contributed by atoms with van der Waals surface area (Å²) in [5.41, 5.74) is 0.624. The van der Waals surface area contributed by atoms with E-state index in [2.05, 4.69) is 20.4 Å². The number of allylic oxidation sites excluding steroid dienone is 1. The molecule has 3 aromatic rings. The topological polar surface area (TPSA) is 71.1 Å². The fourth-order valence-electron chi connectivity index (χ4n) is 4.15. The predicted octanol–water partition coefficient (Wildman–Crippen LogP) is 9.89. The molecule has 0 heterocycles. The number of halogens is 1. The van der Waals surface area contributed by atoms with Crippen LogP contribution < -0.4 is 18.9 Å². The quantitative estimate of drug-likeness (QED) is 0.0585. The number of hydrogen-bond donors (Lipinski definition) is 0. The van der Waals surface area contributed by atoms with E-state index in [1.54, 1.807) is 60.7 Å². The summed E-state index contributed by atoms with van der Waals surface area (Å²) in [6.07, 6.45) is 12.4. The molecular weight excluding hydrogens is 564 g/mol. The van der Waals surface area contributed by atoms with Gasteiger partial charge in [0.25, 0.3) is 0 Å². The van der Waals surface area contributed by atoms with Crippen molar-refractivity contribution in [3.8, 4) is 23.0 Å². The van der Waals surface area contributed by atoms with Crippen LogP contribution in [-0.4, -0.2) is 25.2 Å². The number of unbranched alkanes of at least 4 members (excludes halogenated alkanes) is 7. The molecule has 0 aliphatic carbocycles. The molecule has 3 rings (SSSR count). The smallest absolute Gasteiger partial charge is 0.343 e. The highest BCUT2D eigenvalue weighted by Gasteiger charge is 2.14. The Balaban J connectivity index is 1.41. The summed E-state index contributed by atoms with van der Waals surface area (Å²) in [5, 5.41) is 0.352. The van der Waals surface area contributed by atoms with Crippen LogP contribution in [0.5, 0.6) is 23.0 Å². The van der Waals surface area contributed by atoms with Crippen molar-refractivity contribution in [2.24, 2.45) is 5.92 Å². The van der Waals surface area contributed by atoms with Crippen LogP contribution in [0.1, 0.15) is 92.4 Å². The van der Waals surface area contributed by atoms with Crippen molar-refractivity contribution >= 4 is 23.5 Å². The summed E-state index contributed by atoms with van der Waals surface area (Å²) in [4.78, 5) is 25.3. The van der Waals surface area contributed by atoms with Crippen molar-refractivity contribution in [1.29, 1.82) is 0 Å². The van der Waals surface area contributed by atoms with Gasteiger partial charge in [0.05, 0.1) is 29.4 Å². The van der Waals surface area contributed by atoms with E-state index in [1.165, 1.54) is 38.2 Å². The average Bonchev–Trinajstić information content (AvgIpc) is 3.02. The minimum Gasteiger partial charge on any atom is -0.493 e. The third kappa shape index (κ3) is 12.2. The highest BCUT2D eigenvalue weighted by molar-refractivity contribution is 6.32. The molecule has 43 heavy (non-hydrogen) atoms. The molecule has 0 aliphatic rings. The summed E-state index contributed by atoms with van der Waals surface area (Å²) in [6.45, 7) is 9.22. The first-order chi connectivity index (χ1) is 20.9. The predicted molar refractivity (Wildman–Crippen MR) is 172 cm³/mol. The molecule has 1 unspecified atom stereocenters. The molecule has 0 aromatic heterocycles. The van der Waals surface area contributed by atoms with Gasteiger partial charge in [-0.05, 0) is 91.9 Å². The minimum absolute atomic E-state index is 0.293. The van der Waals surface area contributed by atoms with Gasteiger partial charge in [-0.1, -0.05) is 70.0 Å². The molecule has 0 spiro atoms. The fourth-order valence-corrected chi connectivity index (χ4v) is 4.39. The Labute approximate surface area is 261 Å². The Bertz CT molecular complexity index is 1290. The van der Waals surface area contributed by atoms with E-state index in [0.29, 0.717) is 52.5 Å². The van der Waals surface area contributed by atoms with Gasteiger partial charge in [0.15, 0.2) is 0 Å². The van der Waals surface area contributed by atoms with E-state index in [4.69, 9.17) is 30.5 Å². The van der Waals surface area contributed by atoms with Crippen molar-refractivity contribution in [2.75, 3.05) is 13.2 Å². The minimum atomic E-state index is -0.562. The number of rotatable bonds is 19. The second kappa shape index (κ2) is 18.7. The first-order valence-corrected chi connectivity index (χ1v) is 15.6. The summed E-state index contributed by atoms with van der Waals surface area (Å²) in [5.74, 6) is 1.35. The number of ether oxygens (including phenoxy) is 4. The molecule has 7 heteroatoms. The van der Waals surface area contributed by atoms with Gasteiger partial charge in [-0.25, -0.2) is 9.59 Å². The van der Waals surface area contributed by atoms with E-state index in [9.17, 15) is 9.59 Å². The highest BCUT2D eigenvalue weighted by Crippen LogP contribution is 2.27. The van der Waals surface area contributed by atoms with Gasteiger partial charge < -0.3 is 18.9 Å². The zero-order chi connectivity index (χ0) is 30.9. The maximum Gasteiger partial charge on any atom is 0.343 e. The van der Waals surface area contributed by atoms with E-state index in [-0.39, 0.29) is 0 Å². The Morgan fingerprint density at radius 3 is 1.88 bits per heavy atom.